The number of ether oxygens (including phenoxy) is 2. The SMILES string of the molecule is COc1cccc([C@H]2CN(CC(N)=O)C[C@@H]2NC(=O)COC(C)C)c1.Cl. The molecule has 26 heavy (non-hydrogen) atoms. The molecule has 8 heteroatoms. The van der Waals surface area contributed by atoms with Gasteiger partial charge in [0.2, 0.25) is 11.8 Å². The van der Waals surface area contributed by atoms with Gasteiger partial charge in [-0.25, -0.2) is 0 Å². The van der Waals surface area contributed by atoms with Gasteiger partial charge < -0.3 is 20.5 Å². The van der Waals surface area contributed by atoms with Gasteiger partial charge in [-0.15, -0.1) is 12.4 Å². The number of halogens is 1. The number of likely N-dealkylation sites (tertiary alicyclic amines) is 1. The first-order chi connectivity index (χ1) is 11.9. The number of nitrogens with two attached hydrogens (primary N) is 1. The van der Waals surface area contributed by atoms with E-state index >= 15 is 0 Å². The molecule has 0 saturated carbocycles. The molecule has 1 aliphatic rings. The number of methoxy groups -OCH3 is 1. The van der Waals surface area contributed by atoms with Gasteiger partial charge in [0.05, 0.1) is 19.8 Å². The van der Waals surface area contributed by atoms with Gasteiger partial charge in [0.1, 0.15) is 12.4 Å². The monoisotopic (exact) mass is 385 g/mol. The Labute approximate surface area is 160 Å². The standard InChI is InChI=1S/C18H27N3O4.ClH/c1-12(2)25-11-18(23)20-16-9-21(10-17(19)22)8-15(16)13-5-4-6-14(7-13)24-3;/h4-7,12,15-16H,8-11H2,1-3H3,(H2,19,22)(H,20,23);1H/t15-,16+;/m1./s1. The van der Waals surface area contributed by atoms with Gasteiger partial charge in [0, 0.05) is 25.0 Å². The number of rotatable bonds is 8. The van der Waals surface area contributed by atoms with E-state index in [0.717, 1.165) is 11.3 Å². The Kier molecular flexibility index (Phi) is 8.84. The first-order valence-electron chi connectivity index (χ1n) is 8.44. The zero-order valence-corrected chi connectivity index (χ0v) is 16.3. The van der Waals surface area contributed by atoms with Gasteiger partial charge >= 0.3 is 0 Å². The van der Waals surface area contributed by atoms with Crippen molar-refractivity contribution in [2.24, 2.45) is 5.73 Å². The lowest BCUT2D eigenvalue weighted by atomic mass is 9.94. The summed E-state index contributed by atoms with van der Waals surface area (Å²) in [5.41, 5.74) is 6.38. The summed E-state index contributed by atoms with van der Waals surface area (Å²) in [6.45, 7) is 5.18. The van der Waals surface area contributed by atoms with Crippen molar-refractivity contribution in [1.82, 2.24) is 10.2 Å². The molecule has 2 amide bonds. The normalized spacial score (nSPS) is 19.8. The second kappa shape index (κ2) is 10.4. The molecule has 2 atom stereocenters. The average molecular weight is 386 g/mol. The Balaban J connectivity index is 0.00000338. The van der Waals surface area contributed by atoms with E-state index in [0.29, 0.717) is 13.1 Å². The van der Waals surface area contributed by atoms with E-state index in [-0.39, 0.29) is 55.4 Å². The van der Waals surface area contributed by atoms with Gasteiger partial charge in [-0.2, -0.15) is 0 Å². The largest absolute Gasteiger partial charge is 0.497 e. The fourth-order valence-corrected chi connectivity index (χ4v) is 3.08. The minimum atomic E-state index is -0.375. The number of nitrogens with one attached hydrogen (secondary N) is 1. The highest BCUT2D eigenvalue weighted by Crippen LogP contribution is 2.29. The number of hydrogen-bond acceptors (Lipinski definition) is 5. The molecule has 0 bridgehead atoms. The van der Waals surface area contributed by atoms with E-state index in [1.54, 1.807) is 7.11 Å². The zero-order chi connectivity index (χ0) is 18.4. The zero-order valence-electron chi connectivity index (χ0n) is 15.4. The average Bonchev–Trinajstić information content (AvgIpc) is 2.94. The molecule has 0 aliphatic carbocycles. The maximum Gasteiger partial charge on any atom is 0.246 e. The van der Waals surface area contributed by atoms with Gasteiger partial charge in [-0.1, -0.05) is 12.1 Å². The number of nitrogens with zero attached hydrogens (tertiary/aromatic N) is 1. The minimum absolute atomic E-state index is 0. The van der Waals surface area contributed by atoms with Gasteiger partial charge in [0.25, 0.3) is 0 Å². The van der Waals surface area contributed by atoms with Gasteiger partial charge in [-0.3, -0.25) is 14.5 Å². The molecule has 0 radical (unpaired) electrons. The first-order valence-corrected chi connectivity index (χ1v) is 8.44. The Morgan fingerprint density at radius 2 is 2.08 bits per heavy atom. The third-order valence-electron chi connectivity index (χ3n) is 4.19. The van der Waals surface area contributed by atoms with Crippen molar-refractivity contribution in [1.29, 1.82) is 0 Å². The molecular weight excluding hydrogens is 358 g/mol. The van der Waals surface area contributed by atoms with E-state index in [9.17, 15) is 9.59 Å². The minimum Gasteiger partial charge on any atom is -0.497 e. The number of carbonyl (C=O) groups is 2. The summed E-state index contributed by atoms with van der Waals surface area (Å²) < 4.78 is 10.7. The van der Waals surface area contributed by atoms with E-state index in [1.807, 2.05) is 43.0 Å². The van der Waals surface area contributed by atoms with E-state index in [2.05, 4.69) is 5.32 Å². The van der Waals surface area contributed by atoms with E-state index < -0.39 is 0 Å². The van der Waals surface area contributed by atoms with Crippen molar-refractivity contribution >= 4 is 24.2 Å². The quantitative estimate of drug-likeness (QED) is 0.693. The molecule has 1 fully saturated rings. The van der Waals surface area contributed by atoms with Crippen LogP contribution in [0.4, 0.5) is 0 Å². The Morgan fingerprint density at radius 3 is 2.69 bits per heavy atom. The van der Waals surface area contributed by atoms with Gasteiger partial charge in [-0.05, 0) is 31.5 Å². The number of amides is 2. The highest BCUT2D eigenvalue weighted by atomic mass is 35.5. The molecule has 1 saturated heterocycles. The van der Waals surface area contributed by atoms with Crippen LogP contribution >= 0.6 is 12.4 Å². The third kappa shape index (κ3) is 6.48. The highest BCUT2D eigenvalue weighted by Gasteiger charge is 2.35. The molecule has 2 rings (SSSR count). The maximum absolute atomic E-state index is 12.2. The fraction of sp³-hybridized carbons (Fsp3) is 0.556. The maximum atomic E-state index is 12.2. The lowest BCUT2D eigenvalue weighted by molar-refractivity contribution is -0.127. The molecule has 146 valence electrons. The van der Waals surface area contributed by atoms with E-state index in [4.69, 9.17) is 15.2 Å². The van der Waals surface area contributed by atoms with Crippen molar-refractivity contribution in [3.05, 3.63) is 29.8 Å². The van der Waals surface area contributed by atoms with Crippen LogP contribution in [0.15, 0.2) is 24.3 Å². The smallest absolute Gasteiger partial charge is 0.246 e. The van der Waals surface area contributed by atoms with Crippen LogP contribution in [0.25, 0.3) is 0 Å². The summed E-state index contributed by atoms with van der Waals surface area (Å²) in [4.78, 5) is 25.4. The summed E-state index contributed by atoms with van der Waals surface area (Å²) in [7, 11) is 1.62. The molecule has 0 unspecified atom stereocenters. The summed E-state index contributed by atoms with van der Waals surface area (Å²) >= 11 is 0. The van der Waals surface area contributed by atoms with Crippen LogP contribution in [0, 0.1) is 0 Å². The van der Waals surface area contributed by atoms with Crippen molar-refractivity contribution < 1.29 is 19.1 Å². The predicted molar refractivity (Wildman–Crippen MR) is 102 cm³/mol. The van der Waals surface area contributed by atoms with Crippen LogP contribution in [0.3, 0.4) is 0 Å². The van der Waals surface area contributed by atoms with Crippen LogP contribution in [0.5, 0.6) is 5.75 Å². The molecule has 3 N–H and O–H groups in total. The second-order valence-electron chi connectivity index (χ2n) is 6.58. The van der Waals surface area contributed by atoms with Crippen molar-refractivity contribution in [3.63, 3.8) is 0 Å². The van der Waals surface area contributed by atoms with Crippen LogP contribution in [0.2, 0.25) is 0 Å². The molecule has 1 aromatic rings. The molecule has 1 aromatic carbocycles. The molecule has 1 heterocycles. The lowest BCUT2D eigenvalue weighted by Crippen LogP contribution is -2.42. The van der Waals surface area contributed by atoms with Crippen LogP contribution in [0.1, 0.15) is 25.3 Å². The molecular formula is C18H28ClN3O4. The summed E-state index contributed by atoms with van der Waals surface area (Å²) in [6.07, 6.45) is -0.00475. The molecule has 0 spiro atoms. The van der Waals surface area contributed by atoms with Crippen LogP contribution in [-0.4, -0.2) is 62.2 Å². The van der Waals surface area contributed by atoms with Crippen molar-refractivity contribution in [2.75, 3.05) is 33.4 Å². The summed E-state index contributed by atoms with van der Waals surface area (Å²) in [5, 5.41) is 3.02. The second-order valence-corrected chi connectivity index (χ2v) is 6.58. The summed E-state index contributed by atoms with van der Waals surface area (Å²) in [6, 6.07) is 7.65. The fourth-order valence-electron chi connectivity index (χ4n) is 3.08. The van der Waals surface area contributed by atoms with Crippen LogP contribution < -0.4 is 15.8 Å². The number of hydrogen-bond donors (Lipinski definition) is 2. The highest BCUT2D eigenvalue weighted by molar-refractivity contribution is 5.85. The number of benzene rings is 1. The number of carbonyl (C=O) groups excluding carboxylic acids is 2. The van der Waals surface area contributed by atoms with Crippen molar-refractivity contribution in [3.8, 4) is 5.75 Å². The van der Waals surface area contributed by atoms with Crippen LogP contribution in [-0.2, 0) is 14.3 Å². The Morgan fingerprint density at radius 1 is 1.35 bits per heavy atom. The topological polar surface area (TPSA) is 93.9 Å². The van der Waals surface area contributed by atoms with Crippen molar-refractivity contribution in [2.45, 2.75) is 31.9 Å². The van der Waals surface area contributed by atoms with E-state index in [1.165, 1.54) is 0 Å². The lowest BCUT2D eigenvalue weighted by Gasteiger charge is -2.21. The third-order valence-corrected chi connectivity index (χ3v) is 4.19. The van der Waals surface area contributed by atoms with Gasteiger partial charge in [0.15, 0.2) is 0 Å². The Hall–Kier alpha value is -1.83. The molecule has 0 aromatic heterocycles. The predicted octanol–water partition coefficient (Wildman–Crippen LogP) is 0.911. The summed E-state index contributed by atoms with van der Waals surface area (Å²) in [5.74, 6) is 0.281. The Bertz CT molecular complexity index is 612. The number of primary amides is 1. The molecule has 7 nitrogen and oxygen atoms in total. The first kappa shape index (κ1) is 22.2. The molecule has 1 aliphatic heterocycles.